The molecule has 0 aliphatic carbocycles. The molecule has 0 saturated heterocycles. The van der Waals surface area contributed by atoms with Crippen LogP contribution in [0.3, 0.4) is 0 Å². The van der Waals surface area contributed by atoms with Gasteiger partial charge in [-0.1, -0.05) is 0 Å². The first-order valence-corrected chi connectivity index (χ1v) is 9.51. The van der Waals surface area contributed by atoms with Gasteiger partial charge in [-0.25, -0.2) is 9.37 Å². The number of aromatic nitrogens is 5. The number of halogens is 1. The molecule has 3 heterocycles. The van der Waals surface area contributed by atoms with E-state index in [1.54, 1.807) is 18.4 Å². The highest BCUT2D eigenvalue weighted by Crippen LogP contribution is 2.21. The van der Waals surface area contributed by atoms with Gasteiger partial charge in [0.1, 0.15) is 5.82 Å². The highest BCUT2D eigenvalue weighted by molar-refractivity contribution is 7.14. The summed E-state index contributed by atoms with van der Waals surface area (Å²) in [5.74, 6) is -0.832. The molecule has 0 bridgehead atoms. The van der Waals surface area contributed by atoms with Gasteiger partial charge in [0.15, 0.2) is 16.7 Å². The second kappa shape index (κ2) is 8.21. The molecule has 2 N–H and O–H groups in total. The quantitative estimate of drug-likeness (QED) is 0.484. The number of amides is 2. The summed E-state index contributed by atoms with van der Waals surface area (Å²) in [6.07, 6.45) is 1.29. The zero-order valence-corrected chi connectivity index (χ0v) is 16.3. The van der Waals surface area contributed by atoms with E-state index in [0.717, 1.165) is 11.3 Å². The summed E-state index contributed by atoms with van der Waals surface area (Å²) in [5, 5.41) is 18.2. The molecule has 0 aliphatic heterocycles. The average Bonchev–Trinajstić information content (AvgIpc) is 3.46. The number of nitrogens with one attached hydrogen (secondary N) is 2. The van der Waals surface area contributed by atoms with Gasteiger partial charge < -0.3 is 9.73 Å². The summed E-state index contributed by atoms with van der Waals surface area (Å²) < 4.78 is 20.6. The van der Waals surface area contributed by atoms with Gasteiger partial charge in [0, 0.05) is 5.38 Å². The van der Waals surface area contributed by atoms with E-state index in [1.807, 2.05) is 0 Å². The monoisotopic (exact) mass is 427 g/mol. The molecular weight excluding hydrogens is 413 g/mol. The van der Waals surface area contributed by atoms with Gasteiger partial charge in [0.05, 0.1) is 29.8 Å². The number of carbonyl (C=O) groups excluding carboxylic acids is 2. The molecule has 0 fully saturated rings. The van der Waals surface area contributed by atoms with Crippen LogP contribution in [0.1, 0.15) is 22.1 Å². The van der Waals surface area contributed by atoms with Gasteiger partial charge >= 0.3 is 0 Å². The third kappa shape index (κ3) is 4.22. The number of hydrogen-bond acceptors (Lipinski definition) is 8. The van der Waals surface area contributed by atoms with Crippen molar-refractivity contribution in [3.63, 3.8) is 0 Å². The number of benzene rings is 1. The lowest BCUT2D eigenvalue weighted by molar-refractivity contribution is -0.115. The first kappa shape index (κ1) is 19.4. The Kier molecular flexibility index (Phi) is 5.30. The van der Waals surface area contributed by atoms with E-state index < -0.39 is 17.6 Å². The highest BCUT2D eigenvalue weighted by atomic mass is 32.1. The van der Waals surface area contributed by atoms with Crippen molar-refractivity contribution in [2.24, 2.45) is 0 Å². The first-order valence-electron chi connectivity index (χ1n) is 8.63. The maximum absolute atomic E-state index is 14.1. The van der Waals surface area contributed by atoms with E-state index in [-0.39, 0.29) is 17.9 Å². The van der Waals surface area contributed by atoms with E-state index in [4.69, 9.17) is 4.42 Å². The van der Waals surface area contributed by atoms with Crippen molar-refractivity contribution in [2.45, 2.75) is 13.3 Å². The Balaban J connectivity index is 1.41. The fourth-order valence-corrected chi connectivity index (χ4v) is 3.29. The number of furan rings is 1. The molecule has 0 saturated carbocycles. The molecular formula is C18H14FN7O3S. The smallest absolute Gasteiger partial charge is 0.293 e. The SMILES string of the molecule is Cc1nnnn1-c1ccc(F)c(NC(=O)Cc2csc(NC(=O)c3ccco3)n2)c1. The minimum Gasteiger partial charge on any atom is -0.459 e. The van der Waals surface area contributed by atoms with Crippen LogP contribution in [0.2, 0.25) is 0 Å². The van der Waals surface area contributed by atoms with Crippen LogP contribution in [0.5, 0.6) is 0 Å². The maximum atomic E-state index is 14.1. The third-order valence-corrected chi connectivity index (χ3v) is 4.76. The summed E-state index contributed by atoms with van der Waals surface area (Å²) >= 11 is 1.16. The maximum Gasteiger partial charge on any atom is 0.293 e. The Hall–Kier alpha value is -3.93. The molecule has 0 aliphatic rings. The van der Waals surface area contributed by atoms with Crippen LogP contribution in [0.25, 0.3) is 5.69 Å². The van der Waals surface area contributed by atoms with Crippen molar-refractivity contribution < 1.29 is 18.4 Å². The highest BCUT2D eigenvalue weighted by Gasteiger charge is 2.15. The molecule has 0 atom stereocenters. The topological polar surface area (TPSA) is 128 Å². The van der Waals surface area contributed by atoms with Gasteiger partial charge in [0.2, 0.25) is 5.91 Å². The first-order chi connectivity index (χ1) is 14.5. The Morgan fingerprint density at radius 3 is 2.87 bits per heavy atom. The fourth-order valence-electron chi connectivity index (χ4n) is 2.58. The van der Waals surface area contributed by atoms with Crippen molar-refractivity contribution >= 4 is 34.0 Å². The Morgan fingerprint density at radius 1 is 1.27 bits per heavy atom. The Labute approximate surface area is 172 Å². The predicted molar refractivity (Wildman–Crippen MR) is 105 cm³/mol. The summed E-state index contributed by atoms with van der Waals surface area (Å²) in [6.45, 7) is 1.70. The van der Waals surface area contributed by atoms with Crippen molar-refractivity contribution in [3.8, 4) is 5.69 Å². The second-order valence-electron chi connectivity index (χ2n) is 6.10. The molecule has 4 aromatic rings. The Bertz CT molecular complexity index is 1200. The lowest BCUT2D eigenvalue weighted by Gasteiger charge is -2.08. The number of anilines is 2. The van der Waals surface area contributed by atoms with Gasteiger partial charge in [-0.3, -0.25) is 14.9 Å². The van der Waals surface area contributed by atoms with Crippen LogP contribution in [0, 0.1) is 12.7 Å². The molecule has 1 aromatic carbocycles. The van der Waals surface area contributed by atoms with E-state index in [2.05, 4.69) is 31.1 Å². The van der Waals surface area contributed by atoms with Gasteiger partial charge in [-0.15, -0.1) is 16.4 Å². The van der Waals surface area contributed by atoms with E-state index in [9.17, 15) is 14.0 Å². The number of hydrogen-bond donors (Lipinski definition) is 2. The molecule has 10 nitrogen and oxygen atoms in total. The summed E-state index contributed by atoms with van der Waals surface area (Å²) in [7, 11) is 0. The van der Waals surface area contributed by atoms with Crippen molar-refractivity contribution in [2.75, 3.05) is 10.6 Å². The van der Waals surface area contributed by atoms with Gasteiger partial charge in [-0.2, -0.15) is 4.68 Å². The van der Waals surface area contributed by atoms with E-state index in [1.165, 1.54) is 35.2 Å². The van der Waals surface area contributed by atoms with Gasteiger partial charge in [-0.05, 0) is 47.7 Å². The zero-order chi connectivity index (χ0) is 21.1. The zero-order valence-electron chi connectivity index (χ0n) is 15.5. The van der Waals surface area contributed by atoms with Crippen LogP contribution in [-0.4, -0.2) is 37.0 Å². The lowest BCUT2D eigenvalue weighted by atomic mass is 10.2. The molecule has 30 heavy (non-hydrogen) atoms. The molecule has 2 amide bonds. The largest absolute Gasteiger partial charge is 0.459 e. The lowest BCUT2D eigenvalue weighted by Crippen LogP contribution is -2.16. The number of rotatable bonds is 6. The van der Waals surface area contributed by atoms with Crippen molar-refractivity contribution in [1.82, 2.24) is 25.2 Å². The molecule has 0 radical (unpaired) electrons. The molecule has 0 spiro atoms. The van der Waals surface area contributed by atoms with E-state index in [0.29, 0.717) is 22.3 Å². The fraction of sp³-hybridized carbons (Fsp3) is 0.111. The molecule has 0 unspecified atom stereocenters. The van der Waals surface area contributed by atoms with Crippen molar-refractivity contribution in [1.29, 1.82) is 0 Å². The molecule has 152 valence electrons. The average molecular weight is 427 g/mol. The molecule has 3 aromatic heterocycles. The van der Waals surface area contributed by atoms with Crippen LogP contribution in [-0.2, 0) is 11.2 Å². The summed E-state index contributed by atoms with van der Waals surface area (Å²) in [4.78, 5) is 28.5. The Morgan fingerprint density at radius 2 is 2.13 bits per heavy atom. The van der Waals surface area contributed by atoms with Crippen LogP contribution in [0.4, 0.5) is 15.2 Å². The number of nitrogens with zero attached hydrogens (tertiary/aromatic N) is 5. The van der Waals surface area contributed by atoms with Gasteiger partial charge in [0.25, 0.3) is 5.91 Å². The minimum absolute atomic E-state index is 0.00558. The number of tetrazole rings is 1. The predicted octanol–water partition coefficient (Wildman–Crippen LogP) is 2.59. The van der Waals surface area contributed by atoms with Crippen LogP contribution < -0.4 is 10.6 Å². The minimum atomic E-state index is -0.595. The number of thiazole rings is 1. The standard InChI is InChI=1S/C18H14FN7O3S/c1-10-23-24-25-26(10)12-4-5-13(19)14(8-12)21-16(27)7-11-9-30-18(20-11)22-17(28)15-3-2-6-29-15/h2-6,8-9H,7H2,1H3,(H,21,27)(H,20,22,28). The second-order valence-corrected chi connectivity index (χ2v) is 6.96. The number of aryl methyl sites for hydroxylation is 1. The molecule has 12 heteroatoms. The van der Waals surface area contributed by atoms with E-state index >= 15 is 0 Å². The summed E-state index contributed by atoms with van der Waals surface area (Å²) in [6, 6.07) is 7.28. The third-order valence-electron chi connectivity index (χ3n) is 3.95. The van der Waals surface area contributed by atoms with Crippen molar-refractivity contribution in [3.05, 3.63) is 65.1 Å². The summed E-state index contributed by atoms with van der Waals surface area (Å²) in [5.41, 5.74) is 0.930. The number of carbonyl (C=O) groups is 2. The molecule has 4 rings (SSSR count). The normalized spacial score (nSPS) is 10.7. The van der Waals surface area contributed by atoms with Crippen LogP contribution in [0.15, 0.2) is 46.4 Å². The van der Waals surface area contributed by atoms with Crippen LogP contribution >= 0.6 is 11.3 Å².